The van der Waals surface area contributed by atoms with Gasteiger partial charge in [0, 0.05) is 220 Å². The average molecular weight is 1440 g/mol. The number of hydrogen-bond acceptors (Lipinski definition) is 12. The minimum Gasteiger partial charge on any atom is -0.361 e. The van der Waals surface area contributed by atoms with Crippen molar-refractivity contribution < 1.29 is 31.2 Å². The second kappa shape index (κ2) is 32.9. The van der Waals surface area contributed by atoms with Crippen molar-refractivity contribution in [3.05, 3.63) is 180 Å². The largest absolute Gasteiger partial charge is 0.361 e. The quantitative estimate of drug-likeness (QED) is 0.0516. The zero-order valence-electron chi connectivity index (χ0n) is 60.7. The number of nitrogens with one attached hydrogen (secondary N) is 6. The van der Waals surface area contributed by atoms with Crippen molar-refractivity contribution in [2.75, 3.05) is 105 Å². The molecule has 0 saturated carbocycles. The second-order valence-corrected chi connectivity index (χ2v) is 33.0. The van der Waals surface area contributed by atoms with Crippen LogP contribution in [0.5, 0.6) is 0 Å². The number of amides is 3. The molecule has 24 heteroatoms. The van der Waals surface area contributed by atoms with Gasteiger partial charge in [0.15, 0.2) is 0 Å². The van der Waals surface area contributed by atoms with Crippen molar-refractivity contribution in [2.24, 2.45) is 22.9 Å². The molecule has 103 heavy (non-hydrogen) atoms. The normalized spacial score (nSPS) is 20.8. The predicted molar refractivity (Wildman–Crippen MR) is 416 cm³/mol. The Labute approximate surface area is 606 Å². The number of hydrogen-bond donors (Lipinski definition) is 10. The molecule has 4 atom stereocenters. The van der Waals surface area contributed by atoms with Gasteiger partial charge in [-0.1, -0.05) is 91.0 Å². The van der Waals surface area contributed by atoms with E-state index in [-0.39, 0.29) is 46.1 Å². The van der Waals surface area contributed by atoms with E-state index in [1.165, 1.54) is 78.3 Å². The smallest absolute Gasteiger partial charge is 0.219 e. The molecule has 10 heterocycles. The first-order valence-electron chi connectivity index (χ1n) is 36.5. The molecule has 0 spiro atoms. The number of carbonyl (C=O) groups excluding carboxylic acids is 3. The number of aromatic amines is 5. The molecular weight excluding hydrogens is 1340 g/mol. The lowest BCUT2D eigenvalue weighted by Crippen LogP contribution is -2.48. The summed E-state index contributed by atoms with van der Waals surface area (Å²) in [6, 6.07) is 41.6. The molecule has 5 saturated heterocycles. The Morgan fingerprint density at radius 1 is 0.437 bits per heavy atom. The van der Waals surface area contributed by atoms with Crippen molar-refractivity contribution in [1.29, 1.82) is 0 Å². The fourth-order valence-corrected chi connectivity index (χ4v) is 19.1. The number of likely N-dealkylation sites (tertiary alicyclic amines) is 3. The SMILES string of the molecule is CC(=O)N1CCC(CN)(c2c[nH]c3ccccc23)CC1.CC(=O)N1CCC(c2c[nH]c3ccccc23)CC1CN.CNCC1(c2c[nH]c3ccccc23)CCN(C(C)=O)CC1.CS(=O)(=O)N1CCC(CN)(c2c[nH]c3ccccc23)CC1.CS(=O)(=O)N1CCC(c2c[nH]c3ccccc23)CC1CN. The number of nitrogens with two attached hydrogens (primary N) is 4. The van der Waals surface area contributed by atoms with Crippen LogP contribution in [-0.2, 0) is 50.7 Å². The van der Waals surface area contributed by atoms with Gasteiger partial charge in [-0.25, -0.2) is 21.1 Å². The molecule has 0 radical (unpaired) electrons. The second-order valence-electron chi connectivity index (χ2n) is 29.1. The highest BCUT2D eigenvalue weighted by molar-refractivity contribution is 7.88. The molecule has 5 aliphatic heterocycles. The summed E-state index contributed by atoms with van der Waals surface area (Å²) in [4.78, 5) is 57.2. The van der Waals surface area contributed by atoms with Crippen molar-refractivity contribution in [2.45, 2.75) is 125 Å². The maximum absolute atomic E-state index is 11.8. The number of rotatable bonds is 13. The van der Waals surface area contributed by atoms with Crippen LogP contribution in [-0.4, -0.2) is 200 Å². The summed E-state index contributed by atoms with van der Waals surface area (Å²) < 4.78 is 50.1. The maximum Gasteiger partial charge on any atom is 0.219 e. The lowest BCUT2D eigenvalue weighted by atomic mass is 9.72. The van der Waals surface area contributed by atoms with Gasteiger partial charge >= 0.3 is 0 Å². The lowest BCUT2D eigenvalue weighted by Gasteiger charge is -2.41. The number of H-pyrrole nitrogens is 5. The lowest BCUT2D eigenvalue weighted by molar-refractivity contribution is -0.132. The molecule has 0 bridgehead atoms. The number of piperidine rings is 5. The molecule has 5 fully saturated rings. The number of likely N-dealkylation sites (N-methyl/N-ethyl adjacent to an activating group) is 1. The van der Waals surface area contributed by atoms with Crippen LogP contribution in [0.3, 0.4) is 0 Å². The number of carbonyl (C=O) groups is 3. The molecule has 5 aromatic carbocycles. The molecule has 22 nitrogen and oxygen atoms in total. The third-order valence-corrected chi connectivity index (χ3v) is 25.8. The van der Waals surface area contributed by atoms with Gasteiger partial charge in [0.2, 0.25) is 37.8 Å². The summed E-state index contributed by atoms with van der Waals surface area (Å²) in [5.41, 5.74) is 36.1. The van der Waals surface area contributed by atoms with E-state index in [0.717, 1.165) is 120 Å². The molecule has 10 aromatic rings. The first-order valence-corrected chi connectivity index (χ1v) is 40.2. The maximum atomic E-state index is 11.8. The van der Waals surface area contributed by atoms with E-state index in [1.54, 1.807) is 29.4 Å². The first-order chi connectivity index (χ1) is 49.5. The predicted octanol–water partition coefficient (Wildman–Crippen LogP) is 9.55. The summed E-state index contributed by atoms with van der Waals surface area (Å²) in [7, 11) is -4.28. The van der Waals surface area contributed by atoms with Crippen molar-refractivity contribution in [3.8, 4) is 0 Å². The standard InChI is InChI=1S/C17H23N3O.2C16H21N3O.2C15H21N3O2S/c1-13(21)20-9-7-17(8-10-20,12-18-2)15-11-19-16-6-4-3-5-14(15)16;1-12(20)19-8-6-16(11-17,7-9-19)14-10-18-15-5-3-2-4-13(14)15;1-11(20)19-7-6-12(8-13(19)9-17)15-10-18-16-5-3-2-4-14(15)16;1-21(19,20)18-8-6-15(11-16,7-9-18)13-10-17-14-5-3-2-4-12(13)14;1-21(19,20)18-7-6-11(8-12(18)9-16)14-10-17-15-5-3-2-4-13(14)15/h3-6,11,18-19H,7-10,12H2,1-2H3;2-5,10,18H,6-9,11,17H2,1H3;2-5,10,12-13,18H,6-9,17H2,1H3;2-5,10,17H,6-9,11,16H2,1H3;2-5,10-12,17H,6-9,16H2,1H3. The van der Waals surface area contributed by atoms with E-state index in [0.29, 0.717) is 57.6 Å². The highest BCUT2D eigenvalue weighted by Crippen LogP contribution is 2.43. The molecular formula is C79H107N15O7S2. The zero-order valence-corrected chi connectivity index (χ0v) is 62.4. The van der Waals surface area contributed by atoms with Crippen LogP contribution in [0.25, 0.3) is 54.5 Å². The molecule has 15 rings (SSSR count). The van der Waals surface area contributed by atoms with Gasteiger partial charge in [-0.3, -0.25) is 14.4 Å². The van der Waals surface area contributed by atoms with Crippen LogP contribution in [0.15, 0.2) is 152 Å². The summed E-state index contributed by atoms with van der Waals surface area (Å²) in [6.07, 6.45) is 22.0. The fourth-order valence-electron chi connectivity index (χ4n) is 17.1. The van der Waals surface area contributed by atoms with Crippen LogP contribution in [0.4, 0.5) is 0 Å². The van der Waals surface area contributed by atoms with Crippen molar-refractivity contribution in [3.63, 3.8) is 0 Å². The van der Waals surface area contributed by atoms with Crippen LogP contribution in [0.2, 0.25) is 0 Å². The summed E-state index contributed by atoms with van der Waals surface area (Å²) >= 11 is 0. The molecule has 5 aromatic heterocycles. The Hall–Kier alpha value is -8.17. The number of para-hydroxylation sites is 5. The zero-order chi connectivity index (χ0) is 73.3. The number of benzene rings is 5. The Balaban J connectivity index is 0.000000129. The van der Waals surface area contributed by atoms with Crippen LogP contribution >= 0.6 is 0 Å². The van der Waals surface area contributed by atoms with E-state index in [1.807, 2.05) is 64.3 Å². The number of aromatic nitrogens is 5. The summed E-state index contributed by atoms with van der Waals surface area (Å²) in [5.74, 6) is 1.32. The van der Waals surface area contributed by atoms with Crippen LogP contribution in [0.1, 0.15) is 125 Å². The monoisotopic (exact) mass is 1440 g/mol. The molecule has 552 valence electrons. The van der Waals surface area contributed by atoms with Crippen LogP contribution in [0, 0.1) is 0 Å². The molecule has 0 aliphatic carbocycles. The minimum atomic E-state index is -3.18. The van der Waals surface area contributed by atoms with Gasteiger partial charge in [-0.15, -0.1) is 0 Å². The van der Waals surface area contributed by atoms with Gasteiger partial charge in [0.1, 0.15) is 0 Å². The Bertz CT molecular complexity index is 4740. The van der Waals surface area contributed by atoms with Crippen molar-refractivity contribution in [1.82, 2.24) is 53.5 Å². The van der Waals surface area contributed by atoms with E-state index in [4.69, 9.17) is 22.9 Å². The third kappa shape index (κ3) is 16.7. The van der Waals surface area contributed by atoms with Gasteiger partial charge in [-0.2, -0.15) is 4.31 Å². The average Bonchev–Trinajstić information content (AvgIpc) is 1.72. The van der Waals surface area contributed by atoms with E-state index >= 15 is 0 Å². The van der Waals surface area contributed by atoms with Crippen molar-refractivity contribution >= 4 is 92.3 Å². The number of fused-ring (bicyclic) bond motifs is 5. The Morgan fingerprint density at radius 3 is 1.14 bits per heavy atom. The summed E-state index contributed by atoms with van der Waals surface area (Å²) in [6.45, 7) is 13.7. The van der Waals surface area contributed by atoms with E-state index in [2.05, 4.69) is 140 Å². The highest BCUT2D eigenvalue weighted by atomic mass is 32.2. The fraction of sp³-hybridized carbons (Fsp3) is 0.456. The van der Waals surface area contributed by atoms with E-state index in [9.17, 15) is 31.2 Å². The summed E-state index contributed by atoms with van der Waals surface area (Å²) in [5, 5.41) is 9.64. The number of nitrogens with zero attached hydrogens (tertiary/aromatic N) is 5. The molecule has 14 N–H and O–H groups in total. The Kier molecular flexibility index (Phi) is 24.2. The third-order valence-electron chi connectivity index (χ3n) is 23.1. The minimum absolute atomic E-state index is 0.00838. The van der Waals surface area contributed by atoms with Crippen LogP contribution < -0.4 is 28.3 Å². The van der Waals surface area contributed by atoms with Gasteiger partial charge in [-0.05, 0) is 141 Å². The van der Waals surface area contributed by atoms with E-state index < -0.39 is 20.0 Å². The molecule has 5 aliphatic rings. The number of sulfonamides is 2. The van der Waals surface area contributed by atoms with Gasteiger partial charge in [0.25, 0.3) is 0 Å². The van der Waals surface area contributed by atoms with Gasteiger partial charge in [0.05, 0.1) is 12.5 Å². The topological polar surface area (TPSA) is 331 Å². The highest BCUT2D eigenvalue weighted by Gasteiger charge is 2.42. The Morgan fingerprint density at radius 2 is 0.777 bits per heavy atom. The first kappa shape index (κ1) is 76.0. The van der Waals surface area contributed by atoms with Gasteiger partial charge < -0.3 is 67.9 Å². The molecule has 4 unspecified atom stereocenters. The molecule has 3 amide bonds.